The average molecular weight is 214 g/mol. The first-order valence-corrected chi connectivity index (χ1v) is 4.79. The Kier molecular flexibility index (Phi) is 4.05. The molecule has 2 N–H and O–H groups in total. The van der Waals surface area contributed by atoms with Gasteiger partial charge in [0.15, 0.2) is 0 Å². The van der Waals surface area contributed by atoms with Crippen molar-refractivity contribution in [2.75, 3.05) is 7.11 Å². The summed E-state index contributed by atoms with van der Waals surface area (Å²) >= 11 is 0. The summed E-state index contributed by atoms with van der Waals surface area (Å²) in [6.07, 6.45) is -1.65. The van der Waals surface area contributed by atoms with Gasteiger partial charge in [-0.1, -0.05) is 6.92 Å². The Morgan fingerprint density at radius 2 is 2.07 bits per heavy atom. The van der Waals surface area contributed by atoms with Gasteiger partial charge in [0.25, 0.3) is 0 Å². The highest BCUT2D eigenvalue weighted by molar-refractivity contribution is 5.36. The lowest BCUT2D eigenvalue weighted by Crippen LogP contribution is -2.17. The maximum atomic E-state index is 13.0. The Balaban J connectivity index is 3.05. The number of methoxy groups -OCH3 is 1. The van der Waals surface area contributed by atoms with Crippen molar-refractivity contribution in [2.24, 2.45) is 0 Å². The number of aliphatic hydroxyl groups is 2. The fourth-order valence-electron chi connectivity index (χ4n) is 1.37. The Labute approximate surface area is 88.1 Å². The van der Waals surface area contributed by atoms with Gasteiger partial charge in [-0.2, -0.15) is 0 Å². The summed E-state index contributed by atoms with van der Waals surface area (Å²) in [7, 11) is 1.43. The van der Waals surface area contributed by atoms with E-state index < -0.39 is 18.0 Å². The second-order valence-corrected chi connectivity index (χ2v) is 3.31. The van der Waals surface area contributed by atoms with Crippen LogP contribution in [0.1, 0.15) is 25.0 Å². The quantitative estimate of drug-likeness (QED) is 0.801. The fourth-order valence-corrected chi connectivity index (χ4v) is 1.37. The first-order chi connectivity index (χ1) is 7.10. The molecule has 0 aliphatic carbocycles. The number of ether oxygens (including phenoxy) is 1. The highest BCUT2D eigenvalue weighted by atomic mass is 19.1. The van der Waals surface area contributed by atoms with E-state index in [1.807, 2.05) is 0 Å². The number of hydrogen-bond acceptors (Lipinski definition) is 3. The molecule has 0 aliphatic rings. The molecule has 1 aromatic rings. The minimum atomic E-state index is -1.12. The highest BCUT2D eigenvalue weighted by Gasteiger charge is 2.20. The zero-order chi connectivity index (χ0) is 11.4. The van der Waals surface area contributed by atoms with Crippen LogP contribution in [0.3, 0.4) is 0 Å². The van der Waals surface area contributed by atoms with Gasteiger partial charge < -0.3 is 14.9 Å². The largest absolute Gasteiger partial charge is 0.496 e. The molecule has 0 saturated carbocycles. The summed E-state index contributed by atoms with van der Waals surface area (Å²) in [4.78, 5) is 0. The van der Waals surface area contributed by atoms with Gasteiger partial charge in [-0.15, -0.1) is 0 Å². The van der Waals surface area contributed by atoms with E-state index in [2.05, 4.69) is 0 Å². The van der Waals surface area contributed by atoms with Crippen molar-refractivity contribution in [3.05, 3.63) is 29.6 Å². The lowest BCUT2D eigenvalue weighted by Gasteiger charge is -2.18. The van der Waals surface area contributed by atoms with Gasteiger partial charge in [-0.25, -0.2) is 4.39 Å². The van der Waals surface area contributed by atoms with Crippen molar-refractivity contribution in [1.82, 2.24) is 0 Å². The van der Waals surface area contributed by atoms with Crippen LogP contribution in [0, 0.1) is 5.82 Å². The van der Waals surface area contributed by atoms with Crippen molar-refractivity contribution in [2.45, 2.75) is 25.6 Å². The molecule has 0 fully saturated rings. The van der Waals surface area contributed by atoms with Crippen molar-refractivity contribution >= 4 is 0 Å². The maximum absolute atomic E-state index is 13.0. The summed E-state index contributed by atoms with van der Waals surface area (Å²) in [5.41, 5.74) is 0.270. The van der Waals surface area contributed by atoms with Crippen LogP contribution in [0.4, 0.5) is 4.39 Å². The topological polar surface area (TPSA) is 49.7 Å². The Morgan fingerprint density at radius 3 is 2.60 bits per heavy atom. The molecule has 0 amide bonds. The van der Waals surface area contributed by atoms with Crippen molar-refractivity contribution in [1.29, 1.82) is 0 Å². The molecule has 84 valence electrons. The van der Waals surface area contributed by atoms with E-state index in [9.17, 15) is 14.6 Å². The summed E-state index contributed by atoms with van der Waals surface area (Å²) in [6, 6.07) is 3.84. The molecule has 0 aliphatic heterocycles. The van der Waals surface area contributed by atoms with Gasteiger partial charge in [0.1, 0.15) is 17.7 Å². The van der Waals surface area contributed by atoms with E-state index in [-0.39, 0.29) is 5.56 Å². The molecule has 2 atom stereocenters. The van der Waals surface area contributed by atoms with Crippen LogP contribution in [-0.2, 0) is 0 Å². The van der Waals surface area contributed by atoms with Crippen LogP contribution in [0.5, 0.6) is 5.75 Å². The van der Waals surface area contributed by atoms with Crippen molar-refractivity contribution in [3.8, 4) is 5.75 Å². The van der Waals surface area contributed by atoms with Gasteiger partial charge in [0.2, 0.25) is 0 Å². The number of hydrogen-bond donors (Lipinski definition) is 2. The zero-order valence-electron chi connectivity index (χ0n) is 8.77. The number of halogens is 1. The third-order valence-corrected chi connectivity index (χ3v) is 2.29. The van der Waals surface area contributed by atoms with Crippen LogP contribution in [0.25, 0.3) is 0 Å². The normalized spacial score (nSPS) is 14.7. The smallest absolute Gasteiger partial charge is 0.124 e. The van der Waals surface area contributed by atoms with E-state index >= 15 is 0 Å². The lowest BCUT2D eigenvalue weighted by molar-refractivity contribution is 0.0150. The van der Waals surface area contributed by atoms with Crippen LogP contribution in [0.2, 0.25) is 0 Å². The molecule has 0 bridgehead atoms. The fraction of sp³-hybridized carbons (Fsp3) is 0.455. The SMILES string of the molecule is CCC(O)C(O)c1cc(F)ccc1OC. The molecule has 0 spiro atoms. The number of benzene rings is 1. The molecular weight excluding hydrogens is 199 g/mol. The van der Waals surface area contributed by atoms with Crippen LogP contribution < -0.4 is 4.74 Å². The minimum absolute atomic E-state index is 0.270. The van der Waals surface area contributed by atoms with Crippen molar-refractivity contribution in [3.63, 3.8) is 0 Å². The summed E-state index contributed by atoms with van der Waals surface area (Å²) < 4.78 is 17.9. The standard InChI is InChI=1S/C11H15FO3/c1-3-9(13)11(14)8-6-7(12)4-5-10(8)15-2/h4-6,9,11,13-14H,3H2,1-2H3. The molecule has 4 heteroatoms. The summed E-state index contributed by atoms with van der Waals surface area (Å²) in [5.74, 6) is -0.0930. The van der Waals surface area contributed by atoms with E-state index in [0.717, 1.165) is 0 Å². The van der Waals surface area contributed by atoms with Crippen LogP contribution in [-0.4, -0.2) is 23.4 Å². The molecule has 0 heterocycles. The van der Waals surface area contributed by atoms with Gasteiger partial charge in [0.05, 0.1) is 13.2 Å². The molecule has 2 unspecified atom stereocenters. The first kappa shape index (κ1) is 11.9. The Hall–Kier alpha value is -1.13. The predicted octanol–water partition coefficient (Wildman–Crippen LogP) is 1.64. The minimum Gasteiger partial charge on any atom is -0.496 e. The molecule has 3 nitrogen and oxygen atoms in total. The second-order valence-electron chi connectivity index (χ2n) is 3.31. The third-order valence-electron chi connectivity index (χ3n) is 2.29. The van der Waals surface area contributed by atoms with E-state index in [0.29, 0.717) is 12.2 Å². The van der Waals surface area contributed by atoms with Gasteiger partial charge in [0, 0.05) is 5.56 Å². The number of aliphatic hydroxyl groups excluding tert-OH is 2. The van der Waals surface area contributed by atoms with E-state index in [1.165, 1.54) is 25.3 Å². The molecule has 1 aromatic carbocycles. The van der Waals surface area contributed by atoms with Crippen LogP contribution in [0.15, 0.2) is 18.2 Å². The molecule has 1 rings (SSSR count). The third kappa shape index (κ3) is 2.67. The monoisotopic (exact) mass is 214 g/mol. The van der Waals surface area contributed by atoms with E-state index in [1.54, 1.807) is 6.92 Å². The summed E-state index contributed by atoms with van der Waals surface area (Å²) in [5, 5.41) is 19.2. The molecular formula is C11H15FO3. The summed E-state index contributed by atoms with van der Waals surface area (Å²) in [6.45, 7) is 1.74. The van der Waals surface area contributed by atoms with Gasteiger partial charge in [-0.3, -0.25) is 0 Å². The second kappa shape index (κ2) is 5.09. The highest BCUT2D eigenvalue weighted by Crippen LogP contribution is 2.28. The lowest BCUT2D eigenvalue weighted by atomic mass is 10.0. The van der Waals surface area contributed by atoms with Crippen LogP contribution >= 0.6 is 0 Å². The average Bonchev–Trinajstić information content (AvgIpc) is 2.27. The molecule has 15 heavy (non-hydrogen) atoms. The molecule has 0 aromatic heterocycles. The predicted molar refractivity (Wildman–Crippen MR) is 54.2 cm³/mol. The van der Waals surface area contributed by atoms with Gasteiger partial charge in [-0.05, 0) is 24.6 Å². The van der Waals surface area contributed by atoms with E-state index in [4.69, 9.17) is 4.74 Å². The molecule has 0 radical (unpaired) electrons. The first-order valence-electron chi connectivity index (χ1n) is 4.79. The van der Waals surface area contributed by atoms with Gasteiger partial charge >= 0.3 is 0 Å². The zero-order valence-corrected chi connectivity index (χ0v) is 8.77. The Morgan fingerprint density at radius 1 is 1.40 bits per heavy atom. The maximum Gasteiger partial charge on any atom is 0.124 e. The number of rotatable bonds is 4. The van der Waals surface area contributed by atoms with Crippen molar-refractivity contribution < 1.29 is 19.3 Å². The Bertz CT molecular complexity index is 328. The molecule has 0 saturated heterocycles.